The van der Waals surface area contributed by atoms with Crippen molar-refractivity contribution in [3.8, 4) is 0 Å². The van der Waals surface area contributed by atoms with Crippen LogP contribution in [-0.4, -0.2) is 44.1 Å². The largest absolute Gasteiger partial charge is 0.396 e. The molecule has 1 aliphatic heterocycles. The highest BCUT2D eigenvalue weighted by Crippen LogP contribution is 2.27. The molecule has 96 valence electrons. The minimum absolute atomic E-state index is 0.245. The number of fused-ring (bicyclic) bond motifs is 1. The van der Waals surface area contributed by atoms with E-state index in [0.717, 1.165) is 30.3 Å². The maximum absolute atomic E-state index is 9.26. The van der Waals surface area contributed by atoms with Crippen LogP contribution in [0.4, 0.5) is 5.82 Å². The fraction of sp³-hybridized carbons (Fsp3) is 0.583. The topological polar surface area (TPSA) is 66.5 Å². The number of anilines is 1. The fourth-order valence-corrected chi connectivity index (χ4v) is 2.63. The fourth-order valence-electron chi connectivity index (χ4n) is 2.63. The van der Waals surface area contributed by atoms with E-state index in [1.165, 1.54) is 0 Å². The maximum Gasteiger partial charge on any atom is 0.178 e. The second kappa shape index (κ2) is 4.20. The lowest BCUT2D eigenvalue weighted by molar-refractivity contribution is 0.236. The number of aryl methyl sites for hydroxylation is 1. The van der Waals surface area contributed by atoms with E-state index in [4.69, 9.17) is 0 Å². The molecule has 6 nitrogen and oxygen atoms in total. The summed E-state index contributed by atoms with van der Waals surface area (Å²) in [7, 11) is 0. The van der Waals surface area contributed by atoms with Crippen LogP contribution < -0.4 is 4.90 Å². The van der Waals surface area contributed by atoms with Crippen molar-refractivity contribution in [1.29, 1.82) is 0 Å². The Labute approximate surface area is 105 Å². The van der Waals surface area contributed by atoms with Crippen molar-refractivity contribution in [1.82, 2.24) is 19.8 Å². The van der Waals surface area contributed by atoms with Crippen molar-refractivity contribution in [3.63, 3.8) is 0 Å². The van der Waals surface area contributed by atoms with E-state index in [-0.39, 0.29) is 6.61 Å². The number of aliphatic hydroxyl groups excluding tert-OH is 1. The first-order chi connectivity index (χ1) is 8.69. The molecule has 0 spiro atoms. The van der Waals surface area contributed by atoms with E-state index in [0.29, 0.717) is 12.0 Å². The molecule has 1 saturated heterocycles. The Morgan fingerprint density at radius 1 is 1.39 bits per heavy atom. The molecule has 0 saturated carbocycles. The van der Waals surface area contributed by atoms with Gasteiger partial charge in [-0.2, -0.15) is 4.52 Å². The molecule has 0 bridgehead atoms. The monoisotopic (exact) mass is 247 g/mol. The Bertz CT molecular complexity index is 567. The molecular weight excluding hydrogens is 230 g/mol. The third-order valence-corrected chi connectivity index (χ3v) is 3.62. The predicted octanol–water partition coefficient (Wildman–Crippen LogP) is 0.640. The molecule has 0 radical (unpaired) electrons. The van der Waals surface area contributed by atoms with E-state index in [9.17, 15) is 5.11 Å². The first-order valence-electron chi connectivity index (χ1n) is 6.25. The molecule has 3 rings (SSSR count). The summed E-state index contributed by atoms with van der Waals surface area (Å²) in [5, 5.41) is 21.9. The number of nitrogens with zero attached hydrogens (tertiary/aromatic N) is 5. The van der Waals surface area contributed by atoms with Gasteiger partial charge in [-0.3, -0.25) is 0 Å². The van der Waals surface area contributed by atoms with Gasteiger partial charge >= 0.3 is 0 Å². The van der Waals surface area contributed by atoms with Crippen LogP contribution in [0.2, 0.25) is 0 Å². The molecular formula is C12H17N5O. The van der Waals surface area contributed by atoms with Gasteiger partial charge in [-0.25, -0.2) is 0 Å². The molecule has 2 unspecified atom stereocenters. The summed E-state index contributed by atoms with van der Waals surface area (Å²) >= 11 is 0. The molecule has 6 heteroatoms. The standard InChI is InChI=1S/C12H17N5O/c1-8-5-10(7-18)6-16(8)12-4-3-11-14-13-9(2)17(11)15-12/h3-4,8,10,18H,5-7H2,1-2H3. The van der Waals surface area contributed by atoms with Crippen molar-refractivity contribution in [2.45, 2.75) is 26.3 Å². The summed E-state index contributed by atoms with van der Waals surface area (Å²) in [6.07, 6.45) is 1.01. The maximum atomic E-state index is 9.26. The molecule has 2 aromatic heterocycles. The number of aliphatic hydroxyl groups is 1. The van der Waals surface area contributed by atoms with Crippen molar-refractivity contribution in [2.75, 3.05) is 18.1 Å². The van der Waals surface area contributed by atoms with Gasteiger partial charge in [0.2, 0.25) is 0 Å². The van der Waals surface area contributed by atoms with Gasteiger partial charge in [0, 0.05) is 25.1 Å². The second-order valence-corrected chi connectivity index (χ2v) is 4.99. The van der Waals surface area contributed by atoms with Crippen LogP contribution in [-0.2, 0) is 0 Å². The molecule has 0 aliphatic carbocycles. The Hall–Kier alpha value is -1.69. The highest BCUT2D eigenvalue weighted by atomic mass is 16.3. The van der Waals surface area contributed by atoms with Gasteiger partial charge in [0.1, 0.15) is 5.82 Å². The highest BCUT2D eigenvalue weighted by molar-refractivity contribution is 5.47. The zero-order valence-corrected chi connectivity index (χ0v) is 10.6. The predicted molar refractivity (Wildman–Crippen MR) is 67.5 cm³/mol. The zero-order chi connectivity index (χ0) is 12.7. The Morgan fingerprint density at radius 3 is 2.94 bits per heavy atom. The van der Waals surface area contributed by atoms with Gasteiger partial charge in [-0.05, 0) is 32.4 Å². The number of hydrogen-bond acceptors (Lipinski definition) is 5. The van der Waals surface area contributed by atoms with Crippen LogP contribution in [0.15, 0.2) is 12.1 Å². The van der Waals surface area contributed by atoms with Crippen molar-refractivity contribution < 1.29 is 5.11 Å². The average Bonchev–Trinajstić information content (AvgIpc) is 2.93. The summed E-state index contributed by atoms with van der Waals surface area (Å²) in [6, 6.07) is 4.31. The van der Waals surface area contributed by atoms with E-state index in [2.05, 4.69) is 27.1 Å². The molecule has 1 fully saturated rings. The lowest BCUT2D eigenvalue weighted by Crippen LogP contribution is -2.28. The Morgan fingerprint density at radius 2 is 2.22 bits per heavy atom. The van der Waals surface area contributed by atoms with Gasteiger partial charge in [0.05, 0.1) is 0 Å². The second-order valence-electron chi connectivity index (χ2n) is 4.99. The molecule has 18 heavy (non-hydrogen) atoms. The highest BCUT2D eigenvalue weighted by Gasteiger charge is 2.29. The van der Waals surface area contributed by atoms with E-state index in [1.807, 2.05) is 19.1 Å². The van der Waals surface area contributed by atoms with E-state index in [1.54, 1.807) is 4.52 Å². The van der Waals surface area contributed by atoms with Crippen LogP contribution in [0.1, 0.15) is 19.2 Å². The molecule has 0 amide bonds. The summed E-state index contributed by atoms with van der Waals surface area (Å²) in [5.74, 6) is 2.06. The van der Waals surface area contributed by atoms with Crippen LogP contribution in [0.3, 0.4) is 0 Å². The SMILES string of the molecule is Cc1nnc2ccc(N3CC(CO)CC3C)nn12. The first-order valence-corrected chi connectivity index (χ1v) is 6.25. The van der Waals surface area contributed by atoms with Crippen LogP contribution >= 0.6 is 0 Å². The zero-order valence-electron chi connectivity index (χ0n) is 10.6. The molecule has 1 N–H and O–H groups in total. The molecule has 0 aromatic carbocycles. The summed E-state index contributed by atoms with van der Waals surface area (Å²) in [4.78, 5) is 2.24. The minimum atomic E-state index is 0.245. The third-order valence-electron chi connectivity index (χ3n) is 3.62. The van der Waals surface area contributed by atoms with Crippen LogP contribution in [0.5, 0.6) is 0 Å². The lowest BCUT2D eigenvalue weighted by Gasteiger charge is -2.22. The van der Waals surface area contributed by atoms with Crippen molar-refractivity contribution in [2.24, 2.45) is 5.92 Å². The van der Waals surface area contributed by atoms with Crippen molar-refractivity contribution in [3.05, 3.63) is 18.0 Å². The molecule has 2 atom stereocenters. The van der Waals surface area contributed by atoms with Gasteiger partial charge in [-0.15, -0.1) is 15.3 Å². The smallest absolute Gasteiger partial charge is 0.178 e. The third kappa shape index (κ3) is 1.73. The van der Waals surface area contributed by atoms with Gasteiger partial charge in [-0.1, -0.05) is 0 Å². The summed E-state index contributed by atoms with van der Waals surface area (Å²) in [5.41, 5.74) is 0.766. The summed E-state index contributed by atoms with van der Waals surface area (Å²) in [6.45, 7) is 5.16. The lowest BCUT2D eigenvalue weighted by atomic mass is 10.1. The number of aromatic nitrogens is 4. The first kappa shape index (κ1) is 11.4. The summed E-state index contributed by atoms with van der Waals surface area (Å²) < 4.78 is 1.76. The van der Waals surface area contributed by atoms with E-state index < -0.39 is 0 Å². The molecule has 2 aromatic rings. The Balaban J connectivity index is 1.96. The normalized spacial score (nSPS) is 24.1. The number of hydrogen-bond donors (Lipinski definition) is 1. The van der Waals surface area contributed by atoms with Crippen LogP contribution in [0, 0.1) is 12.8 Å². The molecule has 3 heterocycles. The average molecular weight is 247 g/mol. The number of rotatable bonds is 2. The van der Waals surface area contributed by atoms with Gasteiger partial charge in [0.15, 0.2) is 11.5 Å². The molecule has 1 aliphatic rings. The minimum Gasteiger partial charge on any atom is -0.396 e. The van der Waals surface area contributed by atoms with Crippen LogP contribution in [0.25, 0.3) is 5.65 Å². The van der Waals surface area contributed by atoms with Crippen molar-refractivity contribution >= 4 is 11.5 Å². The Kier molecular flexibility index (Phi) is 2.66. The quantitative estimate of drug-likeness (QED) is 0.843. The van der Waals surface area contributed by atoms with Gasteiger partial charge < -0.3 is 10.0 Å². The van der Waals surface area contributed by atoms with E-state index >= 15 is 0 Å². The van der Waals surface area contributed by atoms with Gasteiger partial charge in [0.25, 0.3) is 0 Å².